The lowest BCUT2D eigenvalue weighted by Crippen LogP contribution is -2.46. The lowest BCUT2D eigenvalue weighted by Gasteiger charge is -2.31. The second-order valence-electron chi connectivity index (χ2n) is 5.56. The van der Waals surface area contributed by atoms with E-state index in [0.29, 0.717) is 29.6 Å². The van der Waals surface area contributed by atoms with Gasteiger partial charge in [0.1, 0.15) is 9.84 Å². The highest BCUT2D eigenvalue weighted by atomic mass is 35.5. The zero-order valence-electron chi connectivity index (χ0n) is 12.2. The van der Waals surface area contributed by atoms with E-state index in [-0.39, 0.29) is 18.1 Å². The molecule has 122 valence electrons. The lowest BCUT2D eigenvalue weighted by molar-refractivity contribution is -0.133. The summed E-state index contributed by atoms with van der Waals surface area (Å²) in [6, 6.07) is 2.69. The molecule has 0 bridgehead atoms. The third kappa shape index (κ3) is 4.35. The number of amides is 1. The van der Waals surface area contributed by atoms with Gasteiger partial charge in [-0.25, -0.2) is 8.42 Å². The third-order valence-electron chi connectivity index (χ3n) is 3.68. The minimum atomic E-state index is -3.13. The first-order valence-electron chi connectivity index (χ1n) is 6.86. The maximum Gasteiger partial charge on any atom is 0.239 e. The van der Waals surface area contributed by atoms with Crippen LogP contribution in [0.25, 0.3) is 0 Å². The minimum Gasteiger partial charge on any atom is -0.337 e. The van der Waals surface area contributed by atoms with Gasteiger partial charge in [-0.1, -0.05) is 23.2 Å². The van der Waals surface area contributed by atoms with Crippen molar-refractivity contribution in [2.75, 3.05) is 18.6 Å². The van der Waals surface area contributed by atoms with Gasteiger partial charge in [0, 0.05) is 29.4 Å². The Morgan fingerprint density at radius 2 is 2.09 bits per heavy atom. The van der Waals surface area contributed by atoms with E-state index < -0.39 is 15.9 Å². The summed E-state index contributed by atoms with van der Waals surface area (Å²) in [6.45, 7) is 0.895. The average molecular weight is 365 g/mol. The van der Waals surface area contributed by atoms with Crippen molar-refractivity contribution in [1.29, 1.82) is 0 Å². The number of carbonyl (C=O) groups is 1. The first kappa shape index (κ1) is 17.5. The molecule has 1 amide bonds. The van der Waals surface area contributed by atoms with Crippen LogP contribution in [0.1, 0.15) is 17.5 Å². The Balaban J connectivity index is 2.07. The Labute approximate surface area is 140 Å². The fourth-order valence-electron chi connectivity index (χ4n) is 2.47. The summed E-state index contributed by atoms with van der Waals surface area (Å²) in [5.74, 6) is -0.346. The molecule has 5 nitrogen and oxygen atoms in total. The van der Waals surface area contributed by atoms with Crippen molar-refractivity contribution >= 4 is 38.9 Å². The van der Waals surface area contributed by atoms with Gasteiger partial charge in [0.05, 0.1) is 11.8 Å². The van der Waals surface area contributed by atoms with Crippen molar-refractivity contribution in [1.82, 2.24) is 4.90 Å². The SMILES string of the molecule is CS(=O)(=O)CCC(N)C(=O)N1CCc2cc(Cl)cc(Cl)c2C1. The maximum atomic E-state index is 12.3. The van der Waals surface area contributed by atoms with Gasteiger partial charge in [-0.15, -0.1) is 0 Å². The highest BCUT2D eigenvalue weighted by Crippen LogP contribution is 2.30. The Bertz CT molecular complexity index is 692. The summed E-state index contributed by atoms with van der Waals surface area (Å²) in [4.78, 5) is 14.0. The fourth-order valence-corrected chi connectivity index (χ4v) is 3.75. The number of hydrogen-bond donors (Lipinski definition) is 1. The van der Waals surface area contributed by atoms with Crippen LogP contribution in [0.3, 0.4) is 0 Å². The number of benzene rings is 1. The molecule has 2 N–H and O–H groups in total. The minimum absolute atomic E-state index is 0.0965. The van der Waals surface area contributed by atoms with E-state index in [2.05, 4.69) is 0 Å². The number of sulfone groups is 1. The number of nitrogens with two attached hydrogens (primary N) is 1. The highest BCUT2D eigenvalue weighted by molar-refractivity contribution is 7.90. The summed E-state index contributed by atoms with van der Waals surface area (Å²) in [6.07, 6.45) is 1.90. The molecule has 1 heterocycles. The molecule has 1 unspecified atom stereocenters. The van der Waals surface area contributed by atoms with Crippen LogP contribution >= 0.6 is 23.2 Å². The van der Waals surface area contributed by atoms with Gasteiger partial charge in [-0.2, -0.15) is 0 Å². The number of fused-ring (bicyclic) bond motifs is 1. The van der Waals surface area contributed by atoms with Gasteiger partial charge in [-0.3, -0.25) is 4.79 Å². The van der Waals surface area contributed by atoms with Gasteiger partial charge in [0.25, 0.3) is 0 Å². The van der Waals surface area contributed by atoms with Crippen molar-refractivity contribution in [3.8, 4) is 0 Å². The molecule has 1 aliphatic heterocycles. The molecular formula is C14H18Cl2N2O3S. The second kappa shape index (κ2) is 6.74. The normalized spacial score (nSPS) is 16.3. The molecule has 1 aromatic carbocycles. The van der Waals surface area contributed by atoms with Gasteiger partial charge in [-0.05, 0) is 36.1 Å². The van der Waals surface area contributed by atoms with Crippen molar-refractivity contribution in [3.63, 3.8) is 0 Å². The lowest BCUT2D eigenvalue weighted by atomic mass is 9.99. The van der Waals surface area contributed by atoms with Crippen LogP contribution in [-0.4, -0.2) is 43.8 Å². The Hall–Kier alpha value is -0.820. The van der Waals surface area contributed by atoms with Gasteiger partial charge in [0.15, 0.2) is 0 Å². The van der Waals surface area contributed by atoms with E-state index in [1.165, 1.54) is 0 Å². The Morgan fingerprint density at radius 3 is 2.73 bits per heavy atom. The number of nitrogens with zero attached hydrogens (tertiary/aromatic N) is 1. The molecule has 2 rings (SSSR count). The molecule has 0 fully saturated rings. The van der Waals surface area contributed by atoms with Crippen LogP contribution in [0.15, 0.2) is 12.1 Å². The average Bonchev–Trinajstić information content (AvgIpc) is 2.42. The van der Waals surface area contributed by atoms with Crippen molar-refractivity contribution in [2.24, 2.45) is 5.73 Å². The summed E-state index contributed by atoms with van der Waals surface area (Å²) < 4.78 is 22.3. The largest absolute Gasteiger partial charge is 0.337 e. The fraction of sp³-hybridized carbons (Fsp3) is 0.500. The Kier molecular flexibility index (Phi) is 5.37. The summed E-state index contributed by atoms with van der Waals surface area (Å²) in [5.41, 5.74) is 7.74. The molecule has 0 saturated carbocycles. The predicted octanol–water partition coefficient (Wildman–Crippen LogP) is 1.64. The maximum absolute atomic E-state index is 12.3. The molecule has 22 heavy (non-hydrogen) atoms. The van der Waals surface area contributed by atoms with Gasteiger partial charge in [0.2, 0.25) is 5.91 Å². The van der Waals surface area contributed by atoms with Gasteiger partial charge >= 0.3 is 0 Å². The molecular weight excluding hydrogens is 347 g/mol. The van der Waals surface area contributed by atoms with E-state index in [0.717, 1.165) is 17.4 Å². The molecule has 1 atom stereocenters. The standard InChI is InChI=1S/C14H18Cl2N2O3S/c1-22(20,21)5-3-13(17)14(19)18-4-2-9-6-10(15)7-12(16)11(9)8-18/h6-7,13H,2-5,8,17H2,1H3. The molecule has 1 aliphatic rings. The molecule has 0 aliphatic carbocycles. The van der Waals surface area contributed by atoms with Crippen LogP contribution in [0.5, 0.6) is 0 Å². The summed E-state index contributed by atoms with van der Waals surface area (Å²) in [5, 5.41) is 1.11. The zero-order valence-corrected chi connectivity index (χ0v) is 14.5. The van der Waals surface area contributed by atoms with Crippen LogP contribution < -0.4 is 5.73 Å². The van der Waals surface area contributed by atoms with E-state index in [9.17, 15) is 13.2 Å². The zero-order chi connectivity index (χ0) is 16.5. The molecule has 8 heteroatoms. The highest BCUT2D eigenvalue weighted by Gasteiger charge is 2.27. The number of rotatable bonds is 4. The van der Waals surface area contributed by atoms with Crippen LogP contribution in [-0.2, 0) is 27.6 Å². The summed E-state index contributed by atoms with van der Waals surface area (Å²) in [7, 11) is -3.13. The number of halogens is 2. The molecule has 0 spiro atoms. The molecule has 1 aromatic rings. The Morgan fingerprint density at radius 1 is 1.41 bits per heavy atom. The van der Waals surface area contributed by atoms with E-state index >= 15 is 0 Å². The molecule has 0 aromatic heterocycles. The monoisotopic (exact) mass is 364 g/mol. The van der Waals surface area contributed by atoms with Crippen molar-refractivity contribution in [3.05, 3.63) is 33.3 Å². The van der Waals surface area contributed by atoms with Crippen molar-refractivity contribution < 1.29 is 13.2 Å². The van der Waals surface area contributed by atoms with E-state index in [1.807, 2.05) is 6.07 Å². The smallest absolute Gasteiger partial charge is 0.239 e. The molecule has 0 radical (unpaired) electrons. The first-order valence-corrected chi connectivity index (χ1v) is 9.68. The van der Waals surface area contributed by atoms with E-state index in [4.69, 9.17) is 28.9 Å². The predicted molar refractivity (Wildman–Crippen MR) is 87.9 cm³/mol. The van der Waals surface area contributed by atoms with Crippen LogP contribution in [0.2, 0.25) is 10.0 Å². The number of hydrogen-bond acceptors (Lipinski definition) is 4. The molecule has 0 saturated heterocycles. The van der Waals surface area contributed by atoms with Crippen molar-refractivity contribution in [2.45, 2.75) is 25.4 Å². The van der Waals surface area contributed by atoms with Crippen LogP contribution in [0, 0.1) is 0 Å². The van der Waals surface area contributed by atoms with Gasteiger partial charge < -0.3 is 10.6 Å². The first-order chi connectivity index (χ1) is 10.2. The quantitative estimate of drug-likeness (QED) is 0.880. The summed E-state index contributed by atoms with van der Waals surface area (Å²) >= 11 is 12.2. The second-order valence-corrected chi connectivity index (χ2v) is 8.66. The van der Waals surface area contributed by atoms with E-state index in [1.54, 1.807) is 11.0 Å². The topological polar surface area (TPSA) is 80.5 Å². The number of carbonyl (C=O) groups excluding carboxylic acids is 1. The van der Waals surface area contributed by atoms with Crippen LogP contribution in [0.4, 0.5) is 0 Å². The third-order valence-corrected chi connectivity index (χ3v) is 5.21.